The van der Waals surface area contributed by atoms with E-state index in [1.165, 1.54) is 0 Å². The Morgan fingerprint density at radius 1 is 1.24 bits per heavy atom. The van der Waals surface area contributed by atoms with Gasteiger partial charge in [0, 0.05) is 56.8 Å². The third-order valence-electron chi connectivity index (χ3n) is 5.47. The van der Waals surface area contributed by atoms with E-state index in [0.717, 1.165) is 44.5 Å². The van der Waals surface area contributed by atoms with E-state index in [1.807, 2.05) is 21.9 Å². The minimum absolute atomic E-state index is 0.0752. The van der Waals surface area contributed by atoms with Gasteiger partial charge in [-0.3, -0.25) is 14.6 Å². The third-order valence-corrected chi connectivity index (χ3v) is 5.47. The molecule has 5 nitrogen and oxygen atoms in total. The molecule has 1 atom stereocenters. The fourth-order valence-corrected chi connectivity index (χ4v) is 4.19. The van der Waals surface area contributed by atoms with Crippen LogP contribution in [0, 0.1) is 11.3 Å². The maximum Gasteiger partial charge on any atom is 0.222 e. The second kappa shape index (κ2) is 7.54. The molecule has 0 N–H and O–H groups in total. The highest BCUT2D eigenvalue weighted by Crippen LogP contribution is 2.39. The summed E-state index contributed by atoms with van der Waals surface area (Å²) in [5.74, 6) is 0.890. The van der Waals surface area contributed by atoms with Crippen LogP contribution in [0.1, 0.15) is 51.5 Å². The number of hydrogen-bond acceptors (Lipinski definition) is 3. The number of rotatable bonds is 4. The number of pyridine rings is 1. The van der Waals surface area contributed by atoms with Crippen LogP contribution in [0.4, 0.5) is 0 Å². The van der Waals surface area contributed by atoms with E-state index < -0.39 is 0 Å². The maximum absolute atomic E-state index is 12.5. The molecule has 2 amide bonds. The Morgan fingerprint density at radius 2 is 2.00 bits per heavy atom. The zero-order chi connectivity index (χ0) is 17.9. The Morgan fingerprint density at radius 3 is 2.72 bits per heavy atom. The van der Waals surface area contributed by atoms with E-state index in [1.54, 1.807) is 12.4 Å². The predicted octanol–water partition coefficient (Wildman–Crippen LogP) is 2.86. The molecule has 1 aromatic rings. The van der Waals surface area contributed by atoms with Gasteiger partial charge in [-0.15, -0.1) is 0 Å². The van der Waals surface area contributed by atoms with Gasteiger partial charge in [0.15, 0.2) is 0 Å². The van der Waals surface area contributed by atoms with Crippen molar-refractivity contribution in [2.24, 2.45) is 11.3 Å². The van der Waals surface area contributed by atoms with Gasteiger partial charge >= 0.3 is 0 Å². The average molecular weight is 343 g/mol. The van der Waals surface area contributed by atoms with Crippen molar-refractivity contribution in [2.75, 3.05) is 19.6 Å². The largest absolute Gasteiger partial charge is 0.342 e. The molecule has 1 spiro atoms. The first-order valence-corrected chi connectivity index (χ1v) is 9.42. The highest BCUT2D eigenvalue weighted by Gasteiger charge is 2.42. The number of piperidine rings is 2. The summed E-state index contributed by atoms with van der Waals surface area (Å²) in [6.45, 7) is 7.26. The Labute approximate surface area is 150 Å². The SMILES string of the molecule is CC(C)CC(=O)N1CCCC2(CCC(=O)N(Cc3ccncc3)C2)C1. The molecule has 0 radical (unpaired) electrons. The monoisotopic (exact) mass is 343 g/mol. The molecule has 2 aliphatic heterocycles. The van der Waals surface area contributed by atoms with Crippen LogP contribution >= 0.6 is 0 Å². The van der Waals surface area contributed by atoms with Gasteiger partial charge in [0.05, 0.1) is 0 Å². The summed E-state index contributed by atoms with van der Waals surface area (Å²) in [7, 11) is 0. The fraction of sp³-hybridized carbons (Fsp3) is 0.650. The number of amides is 2. The van der Waals surface area contributed by atoms with Gasteiger partial charge in [0.2, 0.25) is 11.8 Å². The minimum atomic E-state index is 0.0752. The van der Waals surface area contributed by atoms with Crippen LogP contribution in [0.2, 0.25) is 0 Å². The standard InChI is InChI=1S/C20H29N3O2/c1-16(2)12-19(25)22-11-3-7-20(14-22)8-4-18(24)23(15-20)13-17-5-9-21-10-6-17/h5-6,9-10,16H,3-4,7-8,11-15H2,1-2H3. The zero-order valence-corrected chi connectivity index (χ0v) is 15.4. The summed E-state index contributed by atoms with van der Waals surface area (Å²) >= 11 is 0. The normalized spacial score (nSPS) is 24.2. The predicted molar refractivity (Wildman–Crippen MR) is 96.6 cm³/mol. The Hall–Kier alpha value is -1.91. The molecule has 3 rings (SSSR count). The smallest absolute Gasteiger partial charge is 0.222 e. The van der Waals surface area contributed by atoms with Crippen molar-refractivity contribution >= 4 is 11.8 Å². The van der Waals surface area contributed by atoms with Gasteiger partial charge in [-0.25, -0.2) is 0 Å². The first-order chi connectivity index (χ1) is 12.0. The Balaban J connectivity index is 1.68. The van der Waals surface area contributed by atoms with E-state index in [4.69, 9.17) is 0 Å². The number of nitrogens with zero attached hydrogens (tertiary/aromatic N) is 3. The molecule has 3 heterocycles. The van der Waals surface area contributed by atoms with Gasteiger partial charge < -0.3 is 9.80 Å². The van der Waals surface area contributed by atoms with Gasteiger partial charge in [-0.05, 0) is 42.9 Å². The zero-order valence-electron chi connectivity index (χ0n) is 15.4. The Bertz CT molecular complexity index is 617. The summed E-state index contributed by atoms with van der Waals surface area (Å²) in [5, 5.41) is 0. The number of hydrogen-bond donors (Lipinski definition) is 0. The summed E-state index contributed by atoms with van der Waals surface area (Å²) < 4.78 is 0. The van der Waals surface area contributed by atoms with Crippen molar-refractivity contribution in [3.05, 3.63) is 30.1 Å². The molecular formula is C20H29N3O2. The van der Waals surface area contributed by atoms with Gasteiger partial charge in [0.1, 0.15) is 0 Å². The first kappa shape index (κ1) is 17.9. The lowest BCUT2D eigenvalue weighted by Gasteiger charge is -2.48. The number of carbonyl (C=O) groups is 2. The average Bonchev–Trinajstić information content (AvgIpc) is 2.59. The lowest BCUT2D eigenvalue weighted by Crippen LogP contribution is -2.54. The molecule has 2 saturated heterocycles. The molecule has 0 bridgehead atoms. The van der Waals surface area contributed by atoms with Crippen molar-refractivity contribution in [3.63, 3.8) is 0 Å². The van der Waals surface area contributed by atoms with Crippen LogP contribution in [0.15, 0.2) is 24.5 Å². The van der Waals surface area contributed by atoms with Crippen LogP contribution < -0.4 is 0 Å². The first-order valence-electron chi connectivity index (χ1n) is 9.42. The topological polar surface area (TPSA) is 53.5 Å². The second-order valence-electron chi connectivity index (χ2n) is 8.12. The molecule has 1 unspecified atom stereocenters. The van der Waals surface area contributed by atoms with E-state index in [9.17, 15) is 9.59 Å². The lowest BCUT2D eigenvalue weighted by atomic mass is 9.73. The summed E-state index contributed by atoms with van der Waals surface area (Å²) in [4.78, 5) is 33.0. The maximum atomic E-state index is 12.5. The van der Waals surface area contributed by atoms with Crippen LogP contribution in [0.5, 0.6) is 0 Å². The van der Waals surface area contributed by atoms with Gasteiger partial charge in [-0.2, -0.15) is 0 Å². The number of carbonyl (C=O) groups excluding carboxylic acids is 2. The quantitative estimate of drug-likeness (QED) is 0.845. The van der Waals surface area contributed by atoms with Crippen molar-refractivity contribution in [2.45, 2.75) is 52.5 Å². The fourth-order valence-electron chi connectivity index (χ4n) is 4.19. The molecule has 2 aliphatic rings. The van der Waals surface area contributed by atoms with Crippen LogP contribution in [0.3, 0.4) is 0 Å². The third kappa shape index (κ3) is 4.39. The lowest BCUT2D eigenvalue weighted by molar-refractivity contribution is -0.144. The van der Waals surface area contributed by atoms with E-state index in [2.05, 4.69) is 18.8 Å². The molecule has 0 saturated carbocycles. The van der Waals surface area contributed by atoms with E-state index >= 15 is 0 Å². The second-order valence-corrected chi connectivity index (χ2v) is 8.12. The number of likely N-dealkylation sites (tertiary alicyclic amines) is 2. The highest BCUT2D eigenvalue weighted by atomic mass is 16.2. The van der Waals surface area contributed by atoms with E-state index in [-0.39, 0.29) is 17.2 Å². The van der Waals surface area contributed by atoms with Crippen molar-refractivity contribution < 1.29 is 9.59 Å². The van der Waals surface area contributed by atoms with Gasteiger partial charge in [0.25, 0.3) is 0 Å². The summed E-state index contributed by atoms with van der Waals surface area (Å²) in [6.07, 6.45) is 7.82. The molecule has 0 aromatic carbocycles. The molecule has 2 fully saturated rings. The number of aromatic nitrogens is 1. The summed E-state index contributed by atoms with van der Waals surface area (Å²) in [5.41, 5.74) is 1.19. The van der Waals surface area contributed by atoms with Crippen LogP contribution in [-0.4, -0.2) is 46.2 Å². The van der Waals surface area contributed by atoms with E-state index in [0.29, 0.717) is 25.3 Å². The van der Waals surface area contributed by atoms with Crippen LogP contribution in [-0.2, 0) is 16.1 Å². The van der Waals surface area contributed by atoms with Crippen molar-refractivity contribution in [1.82, 2.24) is 14.8 Å². The van der Waals surface area contributed by atoms with Crippen molar-refractivity contribution in [3.8, 4) is 0 Å². The van der Waals surface area contributed by atoms with Crippen molar-refractivity contribution in [1.29, 1.82) is 0 Å². The molecule has 136 valence electrons. The molecule has 0 aliphatic carbocycles. The molecule has 1 aromatic heterocycles. The Kier molecular flexibility index (Phi) is 5.40. The minimum Gasteiger partial charge on any atom is -0.342 e. The molecule has 25 heavy (non-hydrogen) atoms. The molecular weight excluding hydrogens is 314 g/mol. The molecule has 5 heteroatoms. The summed E-state index contributed by atoms with van der Waals surface area (Å²) in [6, 6.07) is 3.93. The van der Waals surface area contributed by atoms with Gasteiger partial charge in [-0.1, -0.05) is 13.8 Å². The highest BCUT2D eigenvalue weighted by molar-refractivity contribution is 5.78. The van der Waals surface area contributed by atoms with Crippen LogP contribution in [0.25, 0.3) is 0 Å².